The van der Waals surface area contributed by atoms with Crippen molar-refractivity contribution in [2.45, 2.75) is 18.1 Å². The standard InChI is InChI=1S/C20H22NP/c1-20(21-2)16-10-9-15-19(20)22(17-11-5-3-6-12-17)18-13-7-4-8-14-18/h3-16,19,21H,1-2H3. The summed E-state index contributed by atoms with van der Waals surface area (Å²) in [4.78, 5) is 0. The summed E-state index contributed by atoms with van der Waals surface area (Å²) in [6.45, 7) is 2.29. The molecule has 2 heteroatoms. The number of nitrogens with one attached hydrogen (secondary N) is 1. The van der Waals surface area contributed by atoms with Gasteiger partial charge in [0.1, 0.15) is 0 Å². The number of rotatable bonds is 4. The van der Waals surface area contributed by atoms with Crippen molar-refractivity contribution >= 4 is 18.5 Å². The minimum Gasteiger partial charge on any atom is -0.310 e. The highest BCUT2D eigenvalue weighted by Crippen LogP contribution is 2.46. The van der Waals surface area contributed by atoms with E-state index in [0.717, 1.165) is 0 Å². The summed E-state index contributed by atoms with van der Waals surface area (Å²) >= 11 is 0. The summed E-state index contributed by atoms with van der Waals surface area (Å²) in [5, 5.41) is 6.38. The first-order valence-corrected chi connectivity index (χ1v) is 9.10. The van der Waals surface area contributed by atoms with E-state index >= 15 is 0 Å². The zero-order valence-corrected chi connectivity index (χ0v) is 14.0. The summed E-state index contributed by atoms with van der Waals surface area (Å²) in [6, 6.07) is 21.8. The largest absolute Gasteiger partial charge is 0.310 e. The lowest BCUT2D eigenvalue weighted by Gasteiger charge is -2.40. The monoisotopic (exact) mass is 307 g/mol. The molecule has 0 bridgehead atoms. The Bertz CT molecular complexity index is 623. The first-order valence-electron chi connectivity index (χ1n) is 7.69. The Labute approximate surface area is 134 Å². The molecule has 0 aliphatic heterocycles. The second-order valence-corrected chi connectivity index (χ2v) is 8.09. The van der Waals surface area contributed by atoms with E-state index in [1.165, 1.54) is 10.6 Å². The molecule has 1 N–H and O–H groups in total. The Morgan fingerprint density at radius 2 is 1.41 bits per heavy atom. The van der Waals surface area contributed by atoms with Gasteiger partial charge < -0.3 is 5.32 Å². The molecule has 2 unspecified atom stereocenters. The third kappa shape index (κ3) is 2.92. The SMILES string of the molecule is CNC1(C)C=CC=CC1P(c1ccccc1)c1ccccc1. The molecule has 0 heterocycles. The van der Waals surface area contributed by atoms with Crippen molar-refractivity contribution in [1.82, 2.24) is 5.32 Å². The van der Waals surface area contributed by atoms with Crippen LogP contribution in [0, 0.1) is 0 Å². The first-order chi connectivity index (χ1) is 10.7. The molecule has 2 atom stereocenters. The van der Waals surface area contributed by atoms with Crippen LogP contribution in [0.5, 0.6) is 0 Å². The molecule has 22 heavy (non-hydrogen) atoms. The molecule has 0 aromatic heterocycles. The molecule has 0 spiro atoms. The molecule has 112 valence electrons. The highest BCUT2D eigenvalue weighted by molar-refractivity contribution is 7.73. The predicted octanol–water partition coefficient (Wildman–Crippen LogP) is 3.59. The molecule has 1 nitrogen and oxygen atoms in total. The van der Waals surface area contributed by atoms with Crippen LogP contribution in [0.25, 0.3) is 0 Å². The molecule has 2 aromatic carbocycles. The quantitative estimate of drug-likeness (QED) is 0.851. The molecular weight excluding hydrogens is 285 g/mol. The summed E-state index contributed by atoms with van der Waals surface area (Å²) in [5.41, 5.74) is 0.411. The summed E-state index contributed by atoms with van der Waals surface area (Å²) in [7, 11) is 1.59. The second-order valence-electron chi connectivity index (χ2n) is 5.76. The van der Waals surface area contributed by atoms with Crippen LogP contribution in [0.15, 0.2) is 85.0 Å². The number of benzene rings is 2. The van der Waals surface area contributed by atoms with Gasteiger partial charge in [0, 0.05) is 11.2 Å². The maximum absolute atomic E-state index is 3.53. The fourth-order valence-electron chi connectivity index (χ4n) is 2.96. The van der Waals surface area contributed by atoms with Gasteiger partial charge >= 0.3 is 0 Å². The van der Waals surface area contributed by atoms with Crippen molar-refractivity contribution in [3.05, 3.63) is 85.0 Å². The third-order valence-corrected chi connectivity index (χ3v) is 7.32. The van der Waals surface area contributed by atoms with E-state index in [4.69, 9.17) is 0 Å². The summed E-state index contributed by atoms with van der Waals surface area (Å²) in [6.07, 6.45) is 8.99. The van der Waals surface area contributed by atoms with E-state index in [2.05, 4.69) is 104 Å². The maximum Gasteiger partial charge on any atom is 0.0445 e. The van der Waals surface area contributed by atoms with E-state index < -0.39 is 7.92 Å². The van der Waals surface area contributed by atoms with Crippen molar-refractivity contribution in [3.63, 3.8) is 0 Å². The van der Waals surface area contributed by atoms with Gasteiger partial charge in [-0.3, -0.25) is 0 Å². The molecule has 2 aromatic rings. The van der Waals surface area contributed by atoms with Gasteiger partial charge in [-0.1, -0.05) is 85.0 Å². The van der Waals surface area contributed by atoms with Crippen molar-refractivity contribution in [2.75, 3.05) is 7.05 Å². The zero-order valence-electron chi connectivity index (χ0n) is 13.1. The number of likely N-dealkylation sites (N-methyl/N-ethyl adjacent to an activating group) is 1. The van der Waals surface area contributed by atoms with Crippen LogP contribution in [-0.4, -0.2) is 18.2 Å². The van der Waals surface area contributed by atoms with Gasteiger partial charge in [0.2, 0.25) is 0 Å². The zero-order chi connectivity index (χ0) is 15.4. The van der Waals surface area contributed by atoms with Gasteiger partial charge in [0.25, 0.3) is 0 Å². The lowest BCUT2D eigenvalue weighted by Crippen LogP contribution is -2.49. The van der Waals surface area contributed by atoms with E-state index in [-0.39, 0.29) is 5.54 Å². The summed E-state index contributed by atoms with van der Waals surface area (Å²) < 4.78 is 0. The van der Waals surface area contributed by atoms with Crippen LogP contribution >= 0.6 is 7.92 Å². The second kappa shape index (κ2) is 6.60. The fraction of sp³-hybridized carbons (Fsp3) is 0.200. The topological polar surface area (TPSA) is 12.0 Å². The van der Waals surface area contributed by atoms with Crippen LogP contribution < -0.4 is 15.9 Å². The summed E-state index contributed by atoms with van der Waals surface area (Å²) in [5.74, 6) is 0. The Hall–Kier alpha value is -1.69. The van der Waals surface area contributed by atoms with Gasteiger partial charge in [-0.05, 0) is 32.5 Å². The number of allylic oxidation sites excluding steroid dienone is 2. The van der Waals surface area contributed by atoms with E-state index in [1.54, 1.807) is 0 Å². The Morgan fingerprint density at radius 1 is 0.864 bits per heavy atom. The van der Waals surface area contributed by atoms with Crippen LogP contribution in [0.1, 0.15) is 6.92 Å². The van der Waals surface area contributed by atoms with E-state index in [1.807, 2.05) is 0 Å². The van der Waals surface area contributed by atoms with Gasteiger partial charge in [-0.2, -0.15) is 0 Å². The average Bonchev–Trinajstić information content (AvgIpc) is 2.59. The Kier molecular flexibility index (Phi) is 4.57. The minimum absolute atomic E-state index is 0.0217. The molecule has 0 radical (unpaired) electrons. The molecule has 3 rings (SSSR count). The molecule has 0 amide bonds. The van der Waals surface area contributed by atoms with Crippen molar-refractivity contribution in [3.8, 4) is 0 Å². The highest BCUT2D eigenvalue weighted by atomic mass is 31.1. The van der Waals surface area contributed by atoms with Gasteiger partial charge in [-0.25, -0.2) is 0 Å². The predicted molar refractivity (Wildman–Crippen MR) is 98.6 cm³/mol. The average molecular weight is 307 g/mol. The first kappa shape index (κ1) is 15.2. The lowest BCUT2D eigenvalue weighted by atomic mass is 9.93. The Morgan fingerprint density at radius 3 is 1.91 bits per heavy atom. The van der Waals surface area contributed by atoms with Gasteiger partial charge in [0.05, 0.1) is 0 Å². The van der Waals surface area contributed by atoms with Crippen LogP contribution in [0.3, 0.4) is 0 Å². The van der Waals surface area contributed by atoms with Gasteiger partial charge in [0.15, 0.2) is 0 Å². The maximum atomic E-state index is 3.53. The number of hydrogen-bond donors (Lipinski definition) is 1. The smallest absolute Gasteiger partial charge is 0.0445 e. The molecule has 1 aliphatic rings. The van der Waals surface area contributed by atoms with Crippen LogP contribution in [0.4, 0.5) is 0 Å². The Balaban J connectivity index is 2.10. The van der Waals surface area contributed by atoms with Crippen molar-refractivity contribution in [2.24, 2.45) is 0 Å². The molecule has 1 aliphatic carbocycles. The van der Waals surface area contributed by atoms with Crippen molar-refractivity contribution < 1.29 is 0 Å². The van der Waals surface area contributed by atoms with E-state index in [9.17, 15) is 0 Å². The fourth-order valence-corrected chi connectivity index (χ4v) is 5.91. The minimum atomic E-state index is -0.463. The van der Waals surface area contributed by atoms with E-state index in [0.29, 0.717) is 5.66 Å². The van der Waals surface area contributed by atoms with Crippen LogP contribution in [-0.2, 0) is 0 Å². The van der Waals surface area contributed by atoms with Crippen LogP contribution in [0.2, 0.25) is 0 Å². The normalized spacial score (nSPS) is 23.9. The number of hydrogen-bond acceptors (Lipinski definition) is 1. The third-order valence-electron chi connectivity index (χ3n) is 4.35. The highest BCUT2D eigenvalue weighted by Gasteiger charge is 2.37. The van der Waals surface area contributed by atoms with Crippen molar-refractivity contribution in [1.29, 1.82) is 0 Å². The molecule has 0 fully saturated rings. The molecular formula is C20H22NP. The lowest BCUT2D eigenvalue weighted by molar-refractivity contribution is 0.489. The molecule has 0 saturated carbocycles. The van der Waals surface area contributed by atoms with Gasteiger partial charge in [-0.15, -0.1) is 0 Å². The molecule has 0 saturated heterocycles.